The number of Topliss-reactive ketones (excluding diaryl/α,β-unsaturated/α-hetero) is 1. The van der Waals surface area contributed by atoms with E-state index in [9.17, 15) is 4.79 Å². The maximum absolute atomic E-state index is 11.8. The summed E-state index contributed by atoms with van der Waals surface area (Å²) in [7, 11) is 4.11. The first-order valence-electron chi connectivity index (χ1n) is 5.55. The molecule has 0 atom stereocenters. The van der Waals surface area contributed by atoms with Gasteiger partial charge in [0.05, 0.1) is 0 Å². The molecule has 0 saturated heterocycles. The van der Waals surface area contributed by atoms with Crippen molar-refractivity contribution >= 4 is 5.78 Å². The number of rotatable bonds is 3. The number of nitrogens with one attached hydrogen (secondary N) is 1. The zero-order valence-corrected chi connectivity index (χ0v) is 9.47. The summed E-state index contributed by atoms with van der Waals surface area (Å²) in [5.74, 6) is 0.325. The van der Waals surface area contributed by atoms with Crippen molar-refractivity contribution < 1.29 is 4.79 Å². The summed E-state index contributed by atoms with van der Waals surface area (Å²) in [6.07, 6.45) is 5.73. The molecule has 1 N–H and O–H groups in total. The summed E-state index contributed by atoms with van der Waals surface area (Å²) < 4.78 is 0. The highest BCUT2D eigenvalue weighted by Crippen LogP contribution is 2.24. The van der Waals surface area contributed by atoms with Crippen LogP contribution in [0.2, 0.25) is 0 Å². The fraction of sp³-hybridized carbons (Fsp3) is 0.583. The predicted molar refractivity (Wildman–Crippen MR) is 60.3 cm³/mol. The van der Waals surface area contributed by atoms with Crippen molar-refractivity contribution in [2.24, 2.45) is 0 Å². The largest absolute Gasteiger partial charge is 0.364 e. The van der Waals surface area contributed by atoms with Gasteiger partial charge in [-0.25, -0.2) is 0 Å². The first-order chi connectivity index (χ1) is 7.18. The third-order valence-corrected chi connectivity index (χ3v) is 2.98. The number of likely N-dealkylation sites (N-methyl/N-ethyl adjacent to an activating group) is 1. The molecule has 1 aromatic rings. The Morgan fingerprint density at radius 2 is 2.20 bits per heavy atom. The van der Waals surface area contributed by atoms with Gasteiger partial charge in [0.15, 0.2) is 5.78 Å². The lowest BCUT2D eigenvalue weighted by Gasteiger charge is -2.13. The molecule has 0 radical (unpaired) electrons. The molecule has 1 heterocycles. The number of ketones is 1. The molecule has 0 aliphatic heterocycles. The van der Waals surface area contributed by atoms with Gasteiger partial charge in [-0.3, -0.25) is 4.79 Å². The van der Waals surface area contributed by atoms with E-state index >= 15 is 0 Å². The Kier molecular flexibility index (Phi) is 2.91. The SMILES string of the molecule is CN(C)CCc1c[nH]c2c1C(=O)CCC2. The Morgan fingerprint density at radius 3 is 2.93 bits per heavy atom. The highest BCUT2D eigenvalue weighted by atomic mass is 16.1. The Balaban J connectivity index is 2.18. The number of hydrogen-bond acceptors (Lipinski definition) is 2. The number of aromatic nitrogens is 1. The Labute approximate surface area is 90.5 Å². The molecule has 0 fully saturated rings. The molecular formula is C12H18N2O. The molecular weight excluding hydrogens is 188 g/mol. The zero-order chi connectivity index (χ0) is 10.8. The van der Waals surface area contributed by atoms with Gasteiger partial charge in [0.2, 0.25) is 0 Å². The summed E-state index contributed by atoms with van der Waals surface area (Å²) in [6, 6.07) is 0. The van der Waals surface area contributed by atoms with Gasteiger partial charge in [0.1, 0.15) is 0 Å². The zero-order valence-electron chi connectivity index (χ0n) is 9.47. The van der Waals surface area contributed by atoms with Crippen LogP contribution in [0.3, 0.4) is 0 Å². The molecule has 15 heavy (non-hydrogen) atoms. The molecule has 1 aliphatic rings. The molecule has 0 aromatic carbocycles. The van der Waals surface area contributed by atoms with Gasteiger partial charge in [-0.05, 0) is 38.9 Å². The van der Waals surface area contributed by atoms with E-state index in [1.807, 2.05) is 6.20 Å². The van der Waals surface area contributed by atoms with Crippen molar-refractivity contribution in [1.29, 1.82) is 0 Å². The van der Waals surface area contributed by atoms with Gasteiger partial charge in [-0.1, -0.05) is 0 Å². The van der Waals surface area contributed by atoms with Crippen molar-refractivity contribution in [1.82, 2.24) is 9.88 Å². The number of aromatic amines is 1. The van der Waals surface area contributed by atoms with E-state index in [0.717, 1.165) is 43.5 Å². The fourth-order valence-electron chi connectivity index (χ4n) is 2.15. The van der Waals surface area contributed by atoms with Crippen LogP contribution < -0.4 is 0 Å². The van der Waals surface area contributed by atoms with E-state index in [1.165, 1.54) is 5.56 Å². The van der Waals surface area contributed by atoms with Crippen LogP contribution in [-0.4, -0.2) is 36.3 Å². The second-order valence-electron chi connectivity index (χ2n) is 4.50. The quantitative estimate of drug-likeness (QED) is 0.816. The number of fused-ring (bicyclic) bond motifs is 1. The fourth-order valence-corrected chi connectivity index (χ4v) is 2.15. The van der Waals surface area contributed by atoms with Gasteiger partial charge < -0.3 is 9.88 Å². The van der Waals surface area contributed by atoms with Crippen LogP contribution in [0.25, 0.3) is 0 Å². The number of hydrogen-bond donors (Lipinski definition) is 1. The van der Waals surface area contributed by atoms with Crippen LogP contribution >= 0.6 is 0 Å². The number of aryl methyl sites for hydroxylation is 1. The average molecular weight is 206 g/mol. The van der Waals surface area contributed by atoms with Crippen molar-refractivity contribution in [3.63, 3.8) is 0 Å². The Bertz CT molecular complexity index is 366. The first-order valence-corrected chi connectivity index (χ1v) is 5.55. The van der Waals surface area contributed by atoms with Crippen molar-refractivity contribution in [2.45, 2.75) is 25.7 Å². The van der Waals surface area contributed by atoms with Gasteiger partial charge in [0, 0.05) is 30.4 Å². The molecule has 3 heteroatoms. The Morgan fingerprint density at radius 1 is 1.40 bits per heavy atom. The molecule has 3 nitrogen and oxygen atoms in total. The molecule has 1 aliphatic carbocycles. The summed E-state index contributed by atoms with van der Waals surface area (Å²) >= 11 is 0. The number of nitrogens with zero attached hydrogens (tertiary/aromatic N) is 1. The number of H-pyrrole nitrogens is 1. The molecule has 0 bridgehead atoms. The maximum atomic E-state index is 11.8. The second kappa shape index (κ2) is 4.19. The monoisotopic (exact) mass is 206 g/mol. The average Bonchev–Trinajstić information content (AvgIpc) is 2.59. The number of carbonyl (C=O) groups excluding carboxylic acids is 1. The van der Waals surface area contributed by atoms with Crippen molar-refractivity contribution in [3.05, 3.63) is 23.0 Å². The third-order valence-electron chi connectivity index (χ3n) is 2.98. The topological polar surface area (TPSA) is 36.1 Å². The van der Waals surface area contributed by atoms with Gasteiger partial charge >= 0.3 is 0 Å². The van der Waals surface area contributed by atoms with Gasteiger partial charge in [-0.15, -0.1) is 0 Å². The lowest BCUT2D eigenvalue weighted by atomic mass is 9.93. The highest BCUT2D eigenvalue weighted by molar-refractivity contribution is 5.99. The minimum absolute atomic E-state index is 0.325. The van der Waals surface area contributed by atoms with Crippen LogP contribution in [0.1, 0.15) is 34.5 Å². The number of carbonyl (C=O) groups is 1. The molecule has 1 aromatic heterocycles. The summed E-state index contributed by atoms with van der Waals surface area (Å²) in [6.45, 7) is 0.998. The van der Waals surface area contributed by atoms with E-state index in [-0.39, 0.29) is 0 Å². The van der Waals surface area contributed by atoms with Crippen LogP contribution in [0.4, 0.5) is 0 Å². The predicted octanol–water partition coefficient (Wildman–Crippen LogP) is 1.64. The normalized spacial score (nSPS) is 15.8. The minimum Gasteiger partial charge on any atom is -0.364 e. The summed E-state index contributed by atoms with van der Waals surface area (Å²) in [5.41, 5.74) is 3.34. The van der Waals surface area contributed by atoms with E-state index in [4.69, 9.17) is 0 Å². The third kappa shape index (κ3) is 2.12. The molecule has 0 spiro atoms. The van der Waals surface area contributed by atoms with E-state index in [0.29, 0.717) is 5.78 Å². The standard InChI is InChI=1S/C12H18N2O/c1-14(2)7-6-9-8-13-10-4-3-5-11(15)12(9)10/h8,13H,3-7H2,1-2H3. The Hall–Kier alpha value is -1.09. The molecule has 0 amide bonds. The van der Waals surface area contributed by atoms with Crippen LogP contribution in [0.15, 0.2) is 6.20 Å². The molecule has 82 valence electrons. The molecule has 0 saturated carbocycles. The molecule has 0 unspecified atom stereocenters. The smallest absolute Gasteiger partial charge is 0.164 e. The van der Waals surface area contributed by atoms with Crippen LogP contribution in [0, 0.1) is 0 Å². The second-order valence-corrected chi connectivity index (χ2v) is 4.50. The lowest BCUT2D eigenvalue weighted by Crippen LogP contribution is -2.17. The summed E-state index contributed by atoms with van der Waals surface area (Å²) in [5, 5.41) is 0. The highest BCUT2D eigenvalue weighted by Gasteiger charge is 2.21. The van der Waals surface area contributed by atoms with Crippen molar-refractivity contribution in [3.8, 4) is 0 Å². The lowest BCUT2D eigenvalue weighted by molar-refractivity contribution is 0.0971. The van der Waals surface area contributed by atoms with Crippen LogP contribution in [-0.2, 0) is 12.8 Å². The molecule has 2 rings (SSSR count). The minimum atomic E-state index is 0.325. The van der Waals surface area contributed by atoms with Gasteiger partial charge in [0.25, 0.3) is 0 Å². The van der Waals surface area contributed by atoms with Crippen LogP contribution in [0.5, 0.6) is 0 Å². The first kappa shape index (κ1) is 10.4. The van der Waals surface area contributed by atoms with E-state index < -0.39 is 0 Å². The van der Waals surface area contributed by atoms with Crippen molar-refractivity contribution in [2.75, 3.05) is 20.6 Å². The van der Waals surface area contributed by atoms with E-state index in [2.05, 4.69) is 24.0 Å². The maximum Gasteiger partial charge on any atom is 0.164 e. The van der Waals surface area contributed by atoms with E-state index in [1.54, 1.807) is 0 Å². The van der Waals surface area contributed by atoms with Gasteiger partial charge in [-0.2, -0.15) is 0 Å². The summed E-state index contributed by atoms with van der Waals surface area (Å²) in [4.78, 5) is 17.2.